The molecule has 0 amide bonds. The van der Waals surface area contributed by atoms with Gasteiger partial charge in [0.1, 0.15) is 18.0 Å². The van der Waals surface area contributed by atoms with Gasteiger partial charge in [0.2, 0.25) is 0 Å². The number of hydrogen-bond acceptors (Lipinski definition) is 5. The van der Waals surface area contributed by atoms with Gasteiger partial charge in [-0.2, -0.15) is 0 Å². The molecule has 19 heavy (non-hydrogen) atoms. The Labute approximate surface area is 115 Å². The first kappa shape index (κ1) is 14.1. The molecule has 1 aromatic rings. The maximum atomic E-state index is 5.57. The van der Waals surface area contributed by atoms with Crippen LogP contribution in [0.5, 0.6) is 0 Å². The smallest absolute Gasteiger partial charge is 0.134 e. The Bertz CT molecular complexity index is 374. The highest BCUT2D eigenvalue weighted by Crippen LogP contribution is 2.19. The molecule has 3 N–H and O–H groups in total. The number of rotatable bonds is 5. The number of anilines is 2. The Morgan fingerprint density at radius 2 is 2.00 bits per heavy atom. The van der Waals surface area contributed by atoms with E-state index < -0.39 is 0 Å². The predicted octanol–water partition coefficient (Wildman–Crippen LogP) is 2.01. The van der Waals surface area contributed by atoms with Gasteiger partial charge in [0.25, 0.3) is 0 Å². The van der Waals surface area contributed by atoms with E-state index in [0.717, 1.165) is 31.1 Å². The van der Waals surface area contributed by atoms with Crippen LogP contribution in [0.25, 0.3) is 0 Å². The van der Waals surface area contributed by atoms with Crippen LogP contribution in [0.4, 0.5) is 11.6 Å². The van der Waals surface area contributed by atoms with Crippen molar-refractivity contribution in [3.63, 3.8) is 0 Å². The van der Waals surface area contributed by atoms with Gasteiger partial charge in [0, 0.05) is 25.2 Å². The maximum absolute atomic E-state index is 5.57. The monoisotopic (exact) mass is 263 g/mol. The fourth-order valence-corrected chi connectivity index (χ4v) is 2.47. The molecule has 0 aromatic carbocycles. The number of aromatic nitrogens is 2. The van der Waals surface area contributed by atoms with Crippen molar-refractivity contribution in [3.05, 3.63) is 12.4 Å². The summed E-state index contributed by atoms with van der Waals surface area (Å²) < 4.78 is 0. The molecule has 1 unspecified atom stereocenters. The standard InChI is InChI=1S/C14H25N5/c1-12(6-7-15)18-13-10-14(17-11-16-13)19-8-4-2-3-5-9-19/h10-12H,2-9,15H2,1H3,(H,16,17,18). The number of nitrogens with one attached hydrogen (secondary N) is 1. The lowest BCUT2D eigenvalue weighted by molar-refractivity contribution is 0.712. The van der Waals surface area contributed by atoms with Crippen molar-refractivity contribution in [3.8, 4) is 0 Å². The highest BCUT2D eigenvalue weighted by Gasteiger charge is 2.12. The summed E-state index contributed by atoms with van der Waals surface area (Å²) in [5.41, 5.74) is 5.57. The molecule has 1 aliphatic rings. The molecule has 0 aliphatic carbocycles. The third-order valence-electron chi connectivity index (χ3n) is 3.58. The van der Waals surface area contributed by atoms with E-state index in [9.17, 15) is 0 Å². The van der Waals surface area contributed by atoms with E-state index in [1.807, 2.05) is 0 Å². The van der Waals surface area contributed by atoms with Crippen molar-refractivity contribution in [1.29, 1.82) is 0 Å². The summed E-state index contributed by atoms with van der Waals surface area (Å²) in [7, 11) is 0. The minimum Gasteiger partial charge on any atom is -0.367 e. The van der Waals surface area contributed by atoms with Gasteiger partial charge in [0.05, 0.1) is 0 Å². The molecule has 0 saturated carbocycles. The molecule has 1 saturated heterocycles. The van der Waals surface area contributed by atoms with Crippen LogP contribution in [0.15, 0.2) is 12.4 Å². The van der Waals surface area contributed by atoms with Crippen molar-refractivity contribution in [2.75, 3.05) is 29.9 Å². The van der Waals surface area contributed by atoms with E-state index >= 15 is 0 Å². The molecule has 1 atom stereocenters. The van der Waals surface area contributed by atoms with E-state index in [-0.39, 0.29) is 0 Å². The summed E-state index contributed by atoms with van der Waals surface area (Å²) in [6.07, 6.45) is 7.79. The summed E-state index contributed by atoms with van der Waals surface area (Å²) in [5, 5.41) is 3.38. The van der Waals surface area contributed by atoms with Crippen LogP contribution in [0.2, 0.25) is 0 Å². The van der Waals surface area contributed by atoms with E-state index in [2.05, 4.69) is 33.2 Å². The number of nitrogens with zero attached hydrogens (tertiary/aromatic N) is 3. The summed E-state index contributed by atoms with van der Waals surface area (Å²) in [6, 6.07) is 2.40. The first-order chi connectivity index (χ1) is 9.29. The molecule has 0 spiro atoms. The largest absolute Gasteiger partial charge is 0.367 e. The average molecular weight is 263 g/mol. The minimum atomic E-state index is 0.344. The molecular weight excluding hydrogens is 238 g/mol. The summed E-state index contributed by atoms with van der Waals surface area (Å²) >= 11 is 0. The lowest BCUT2D eigenvalue weighted by atomic mass is 10.2. The average Bonchev–Trinajstić information content (AvgIpc) is 2.68. The van der Waals surface area contributed by atoms with Crippen LogP contribution >= 0.6 is 0 Å². The van der Waals surface area contributed by atoms with Crippen molar-refractivity contribution in [2.45, 2.75) is 45.1 Å². The van der Waals surface area contributed by atoms with Gasteiger partial charge in [-0.3, -0.25) is 0 Å². The second-order valence-corrected chi connectivity index (χ2v) is 5.29. The zero-order chi connectivity index (χ0) is 13.5. The Kier molecular flexibility index (Phi) is 5.39. The second-order valence-electron chi connectivity index (χ2n) is 5.29. The van der Waals surface area contributed by atoms with Crippen molar-refractivity contribution < 1.29 is 0 Å². The third-order valence-corrected chi connectivity index (χ3v) is 3.58. The molecule has 5 heteroatoms. The van der Waals surface area contributed by atoms with Gasteiger partial charge < -0.3 is 16.0 Å². The van der Waals surface area contributed by atoms with Crippen LogP contribution in [0, 0.1) is 0 Å². The van der Waals surface area contributed by atoms with E-state index in [0.29, 0.717) is 12.6 Å². The Morgan fingerprint density at radius 1 is 1.26 bits per heavy atom. The van der Waals surface area contributed by atoms with Crippen molar-refractivity contribution in [2.24, 2.45) is 5.73 Å². The van der Waals surface area contributed by atoms with Gasteiger partial charge in [-0.25, -0.2) is 9.97 Å². The minimum absolute atomic E-state index is 0.344. The SMILES string of the molecule is CC(CCN)Nc1cc(N2CCCCCC2)ncn1. The van der Waals surface area contributed by atoms with Crippen molar-refractivity contribution in [1.82, 2.24) is 9.97 Å². The topological polar surface area (TPSA) is 67.1 Å². The van der Waals surface area contributed by atoms with E-state index in [1.165, 1.54) is 25.7 Å². The Balaban J connectivity index is 2.01. The second kappa shape index (κ2) is 7.28. The zero-order valence-corrected chi connectivity index (χ0v) is 11.8. The molecule has 0 radical (unpaired) electrons. The van der Waals surface area contributed by atoms with Gasteiger partial charge in [-0.1, -0.05) is 12.8 Å². The van der Waals surface area contributed by atoms with Crippen LogP contribution < -0.4 is 16.0 Å². The molecule has 2 rings (SSSR count). The zero-order valence-electron chi connectivity index (χ0n) is 11.8. The van der Waals surface area contributed by atoms with Gasteiger partial charge >= 0.3 is 0 Å². The summed E-state index contributed by atoms with van der Waals surface area (Å²) in [4.78, 5) is 11.1. The van der Waals surface area contributed by atoms with Gasteiger partial charge in [-0.15, -0.1) is 0 Å². The molecule has 106 valence electrons. The predicted molar refractivity (Wildman–Crippen MR) is 79.5 cm³/mol. The highest BCUT2D eigenvalue weighted by molar-refractivity contribution is 5.48. The third kappa shape index (κ3) is 4.35. The Morgan fingerprint density at radius 3 is 2.68 bits per heavy atom. The normalized spacial score (nSPS) is 17.9. The fraction of sp³-hybridized carbons (Fsp3) is 0.714. The van der Waals surface area contributed by atoms with Crippen LogP contribution in [-0.4, -0.2) is 35.6 Å². The van der Waals surface area contributed by atoms with Gasteiger partial charge in [0.15, 0.2) is 0 Å². The number of hydrogen-bond donors (Lipinski definition) is 2. The van der Waals surface area contributed by atoms with E-state index in [1.54, 1.807) is 6.33 Å². The lowest BCUT2D eigenvalue weighted by Gasteiger charge is -2.22. The van der Waals surface area contributed by atoms with Crippen LogP contribution in [0.3, 0.4) is 0 Å². The summed E-state index contributed by atoms with van der Waals surface area (Å²) in [5.74, 6) is 1.94. The van der Waals surface area contributed by atoms with Crippen LogP contribution in [0.1, 0.15) is 39.0 Å². The van der Waals surface area contributed by atoms with Gasteiger partial charge in [-0.05, 0) is 32.7 Å². The lowest BCUT2D eigenvalue weighted by Crippen LogP contribution is -2.25. The highest BCUT2D eigenvalue weighted by atomic mass is 15.2. The molecule has 2 heterocycles. The molecule has 1 fully saturated rings. The van der Waals surface area contributed by atoms with Crippen LogP contribution in [-0.2, 0) is 0 Å². The number of nitrogens with two attached hydrogens (primary N) is 1. The molecule has 5 nitrogen and oxygen atoms in total. The molecule has 0 bridgehead atoms. The molecule has 1 aliphatic heterocycles. The summed E-state index contributed by atoms with van der Waals surface area (Å²) in [6.45, 7) is 5.03. The van der Waals surface area contributed by atoms with Crippen molar-refractivity contribution >= 4 is 11.6 Å². The Hall–Kier alpha value is -1.36. The van der Waals surface area contributed by atoms with E-state index in [4.69, 9.17) is 5.73 Å². The quantitative estimate of drug-likeness (QED) is 0.850. The molecule has 1 aromatic heterocycles. The first-order valence-corrected chi connectivity index (χ1v) is 7.33. The molecular formula is C14H25N5. The first-order valence-electron chi connectivity index (χ1n) is 7.33. The maximum Gasteiger partial charge on any atom is 0.134 e. The fourth-order valence-electron chi connectivity index (χ4n) is 2.47.